The number of hydrogen-bond donors (Lipinski definition) is 1. The average Bonchev–Trinajstić information content (AvgIpc) is 3.24. The van der Waals surface area contributed by atoms with Crippen molar-refractivity contribution in [1.29, 1.82) is 5.26 Å². The third-order valence-corrected chi connectivity index (χ3v) is 7.28. The molecule has 3 aromatic rings. The van der Waals surface area contributed by atoms with Gasteiger partial charge in [0, 0.05) is 22.7 Å². The molecule has 0 spiro atoms. The molecule has 1 amide bonds. The number of Topliss-reactive ketones (excluding diaryl/α,β-unsaturated/α-hetero) is 1. The zero-order valence-electron chi connectivity index (χ0n) is 20.2. The van der Waals surface area contributed by atoms with Crippen LogP contribution in [0.25, 0.3) is 6.08 Å². The van der Waals surface area contributed by atoms with E-state index in [0.717, 1.165) is 0 Å². The smallest absolute Gasteiger partial charge is 0.241 e. The Balaban J connectivity index is 1.82. The second kappa shape index (κ2) is 9.10. The fourth-order valence-corrected chi connectivity index (χ4v) is 5.65. The molecule has 8 heteroatoms. The molecule has 1 saturated heterocycles. The van der Waals surface area contributed by atoms with E-state index in [4.69, 9.17) is 15.2 Å². The molecular formula is C29H24FN3O4. The minimum Gasteiger partial charge on any atom is -0.493 e. The molecular weight excluding hydrogens is 473 g/mol. The van der Waals surface area contributed by atoms with E-state index in [1.165, 1.54) is 26.4 Å². The third kappa shape index (κ3) is 3.54. The third-order valence-electron chi connectivity index (χ3n) is 7.28. The fourth-order valence-electron chi connectivity index (χ4n) is 5.65. The van der Waals surface area contributed by atoms with E-state index in [0.29, 0.717) is 33.9 Å². The summed E-state index contributed by atoms with van der Waals surface area (Å²) in [5.41, 5.74) is 6.17. The maximum absolute atomic E-state index is 14.2. The van der Waals surface area contributed by atoms with Gasteiger partial charge in [0.25, 0.3) is 0 Å². The Bertz CT molecular complexity index is 1470. The molecule has 0 unspecified atom stereocenters. The number of halogens is 1. The van der Waals surface area contributed by atoms with Gasteiger partial charge in [-0.05, 0) is 35.9 Å². The normalized spacial score (nSPS) is 23.5. The molecule has 37 heavy (non-hydrogen) atoms. The molecule has 2 heterocycles. The Morgan fingerprint density at radius 1 is 1.03 bits per heavy atom. The Morgan fingerprint density at radius 3 is 2.41 bits per heavy atom. The number of hydrogen-bond acceptors (Lipinski definition) is 6. The highest BCUT2D eigenvalue weighted by Crippen LogP contribution is 2.56. The molecule has 2 aliphatic rings. The second-order valence-electron chi connectivity index (χ2n) is 9.03. The number of rotatable bonds is 6. The van der Waals surface area contributed by atoms with Gasteiger partial charge in [-0.3, -0.25) is 9.59 Å². The summed E-state index contributed by atoms with van der Waals surface area (Å²) in [6, 6.07) is 18.2. The van der Waals surface area contributed by atoms with E-state index in [1.807, 2.05) is 0 Å². The zero-order valence-corrected chi connectivity index (χ0v) is 20.2. The molecule has 3 aromatic carbocycles. The quantitative estimate of drug-likeness (QED) is 0.515. The number of ketones is 1. The molecule has 0 aliphatic carbocycles. The van der Waals surface area contributed by atoms with Crippen molar-refractivity contribution in [3.63, 3.8) is 0 Å². The predicted octanol–water partition coefficient (Wildman–Crippen LogP) is 4.09. The first-order valence-corrected chi connectivity index (χ1v) is 11.7. The predicted molar refractivity (Wildman–Crippen MR) is 136 cm³/mol. The van der Waals surface area contributed by atoms with Crippen LogP contribution in [0.4, 0.5) is 10.1 Å². The van der Waals surface area contributed by atoms with Crippen LogP contribution in [0.2, 0.25) is 0 Å². The van der Waals surface area contributed by atoms with Gasteiger partial charge in [-0.1, -0.05) is 48.6 Å². The number of primary amides is 1. The molecule has 7 nitrogen and oxygen atoms in total. The number of carbonyl (C=O) groups excluding carboxylic acids is 2. The number of nitriles is 1. The number of fused-ring (bicyclic) bond motifs is 3. The van der Waals surface area contributed by atoms with Gasteiger partial charge < -0.3 is 20.1 Å². The van der Waals surface area contributed by atoms with Crippen LogP contribution in [0.15, 0.2) is 72.8 Å². The van der Waals surface area contributed by atoms with E-state index >= 15 is 0 Å². The van der Waals surface area contributed by atoms with E-state index in [-0.39, 0.29) is 5.78 Å². The molecule has 1 fully saturated rings. The number of nitrogens with two attached hydrogens (primary N) is 1. The van der Waals surface area contributed by atoms with Gasteiger partial charge in [0.2, 0.25) is 5.91 Å². The Labute approximate surface area is 213 Å². The molecule has 0 radical (unpaired) electrons. The average molecular weight is 498 g/mol. The summed E-state index contributed by atoms with van der Waals surface area (Å²) in [6.45, 7) is 0. The first-order chi connectivity index (χ1) is 17.9. The van der Waals surface area contributed by atoms with Crippen molar-refractivity contribution in [2.24, 2.45) is 11.1 Å². The number of methoxy groups -OCH3 is 2. The Hall–Kier alpha value is -4.64. The molecule has 5 rings (SSSR count). The van der Waals surface area contributed by atoms with Crippen molar-refractivity contribution in [3.05, 3.63) is 95.3 Å². The Kier molecular flexibility index (Phi) is 5.92. The summed E-state index contributed by atoms with van der Waals surface area (Å²) in [4.78, 5) is 29.2. The van der Waals surface area contributed by atoms with Gasteiger partial charge in [0.1, 0.15) is 11.9 Å². The lowest BCUT2D eigenvalue weighted by Crippen LogP contribution is -2.49. The number of ether oxygens (including phenoxy) is 2. The highest BCUT2D eigenvalue weighted by molar-refractivity contribution is 6.06. The van der Waals surface area contributed by atoms with Crippen molar-refractivity contribution in [3.8, 4) is 17.6 Å². The van der Waals surface area contributed by atoms with Gasteiger partial charge >= 0.3 is 0 Å². The number of anilines is 1. The highest BCUT2D eigenvalue weighted by Gasteiger charge is 2.65. The van der Waals surface area contributed by atoms with Crippen molar-refractivity contribution >= 4 is 23.5 Å². The molecule has 186 valence electrons. The second-order valence-corrected chi connectivity index (χ2v) is 9.03. The Morgan fingerprint density at radius 2 is 1.76 bits per heavy atom. The summed E-state index contributed by atoms with van der Waals surface area (Å²) in [7, 11) is 2.98. The van der Waals surface area contributed by atoms with Gasteiger partial charge in [0.05, 0.1) is 26.3 Å². The van der Waals surface area contributed by atoms with Crippen LogP contribution in [0.5, 0.6) is 11.5 Å². The van der Waals surface area contributed by atoms with Crippen molar-refractivity contribution in [2.75, 3.05) is 19.1 Å². The van der Waals surface area contributed by atoms with Crippen molar-refractivity contribution in [2.45, 2.75) is 18.0 Å². The van der Waals surface area contributed by atoms with Crippen molar-refractivity contribution in [1.82, 2.24) is 0 Å². The first-order valence-electron chi connectivity index (χ1n) is 11.7. The summed E-state index contributed by atoms with van der Waals surface area (Å²) in [5.74, 6) is -1.74. The lowest BCUT2D eigenvalue weighted by molar-refractivity contribution is -0.125. The largest absolute Gasteiger partial charge is 0.493 e. The van der Waals surface area contributed by atoms with Gasteiger partial charge in [-0.15, -0.1) is 0 Å². The van der Waals surface area contributed by atoms with Crippen LogP contribution in [-0.4, -0.2) is 38.0 Å². The summed E-state index contributed by atoms with van der Waals surface area (Å²) < 4.78 is 25.0. The first kappa shape index (κ1) is 24.1. The molecule has 2 aliphatic heterocycles. The van der Waals surface area contributed by atoms with Gasteiger partial charge in [-0.2, -0.15) is 5.26 Å². The van der Waals surface area contributed by atoms with E-state index in [1.54, 1.807) is 71.6 Å². The van der Waals surface area contributed by atoms with Crippen LogP contribution in [-0.2, 0) is 4.79 Å². The molecule has 0 saturated carbocycles. The molecule has 0 aromatic heterocycles. The number of benzene rings is 3. The van der Waals surface area contributed by atoms with Crippen LogP contribution in [0.3, 0.4) is 0 Å². The number of carbonyl (C=O) groups is 2. The van der Waals surface area contributed by atoms with Crippen LogP contribution in [0.1, 0.15) is 27.4 Å². The summed E-state index contributed by atoms with van der Waals surface area (Å²) in [5, 5.41) is 10.6. The van der Waals surface area contributed by atoms with Crippen molar-refractivity contribution < 1.29 is 23.5 Å². The lowest BCUT2D eigenvalue weighted by atomic mass is 9.67. The zero-order chi connectivity index (χ0) is 26.3. The fraction of sp³-hybridized carbons (Fsp3) is 0.207. The molecule has 2 N–H and O–H groups in total. The number of nitrogens with zero attached hydrogens (tertiary/aromatic N) is 2. The van der Waals surface area contributed by atoms with Gasteiger partial charge in [-0.25, -0.2) is 4.39 Å². The molecule has 0 bridgehead atoms. The summed E-state index contributed by atoms with van der Waals surface area (Å²) in [6.07, 6.45) is 3.32. The monoisotopic (exact) mass is 497 g/mol. The van der Waals surface area contributed by atoms with E-state index in [9.17, 15) is 19.2 Å². The van der Waals surface area contributed by atoms with E-state index in [2.05, 4.69) is 6.07 Å². The lowest BCUT2D eigenvalue weighted by Gasteiger charge is -2.36. The van der Waals surface area contributed by atoms with Gasteiger partial charge in [0.15, 0.2) is 22.7 Å². The van der Waals surface area contributed by atoms with Crippen LogP contribution >= 0.6 is 0 Å². The van der Waals surface area contributed by atoms with Crippen LogP contribution in [0, 0.1) is 22.6 Å². The van der Waals surface area contributed by atoms with E-state index < -0.39 is 35.1 Å². The summed E-state index contributed by atoms with van der Waals surface area (Å²) >= 11 is 0. The standard InChI is InChI=1S/C29H24FN3O4/c1-36-22-12-8-19(15-23(22)37-2)25-26(27(34)17-6-4-3-5-7-17)33-21-11-10-20(30)14-18(21)9-13-24(33)29(25,16-31)28(32)35/h3-15,24-26H,1-2H3,(H2,32,35)/t24-,25+,26-,29-/m1/s1. The molecule has 4 atom stereocenters. The SMILES string of the molecule is COc1ccc([C@H]2[C@H](C(=O)c3ccccc3)N3c4ccc(F)cc4C=C[C@@H]3[C@@]2(C#N)C(N)=O)cc1OC. The topological polar surface area (TPSA) is 106 Å². The highest BCUT2D eigenvalue weighted by atomic mass is 19.1. The minimum atomic E-state index is -1.82. The van der Waals surface area contributed by atoms with Crippen LogP contribution < -0.4 is 20.1 Å². The number of amides is 1. The maximum Gasteiger partial charge on any atom is 0.241 e. The maximum atomic E-state index is 14.2. The minimum absolute atomic E-state index is 0.297.